The van der Waals surface area contributed by atoms with Crippen molar-refractivity contribution in [2.24, 2.45) is 5.92 Å². The average Bonchev–Trinajstić information content (AvgIpc) is 3.22. The Labute approximate surface area is 145 Å². The predicted octanol–water partition coefficient (Wildman–Crippen LogP) is 1.48. The molecule has 3 aliphatic rings. The third-order valence-electron chi connectivity index (χ3n) is 5.49. The highest BCUT2D eigenvalue weighted by molar-refractivity contribution is 5.93. The molecule has 7 heteroatoms. The number of ether oxygens (including phenoxy) is 2. The fourth-order valence-corrected chi connectivity index (χ4v) is 4.07. The molecule has 3 aliphatic heterocycles. The molecule has 1 aromatic carbocycles. The molecule has 7 nitrogen and oxygen atoms in total. The summed E-state index contributed by atoms with van der Waals surface area (Å²) in [5.41, 5.74) is 2.79. The summed E-state index contributed by atoms with van der Waals surface area (Å²) in [6.45, 7) is 2.79. The van der Waals surface area contributed by atoms with Gasteiger partial charge in [0.2, 0.25) is 5.91 Å². The Morgan fingerprint density at radius 2 is 2.16 bits per heavy atom. The number of hydroxylamine groups is 1. The first-order valence-corrected chi connectivity index (χ1v) is 8.73. The van der Waals surface area contributed by atoms with Gasteiger partial charge in [0.1, 0.15) is 12.4 Å². The van der Waals surface area contributed by atoms with Gasteiger partial charge >= 0.3 is 0 Å². The summed E-state index contributed by atoms with van der Waals surface area (Å²) < 4.78 is 11.7. The Balaban J connectivity index is 1.56. The highest BCUT2D eigenvalue weighted by Crippen LogP contribution is 2.40. The van der Waals surface area contributed by atoms with Crippen molar-refractivity contribution in [3.05, 3.63) is 29.3 Å². The second kappa shape index (κ2) is 6.31. The van der Waals surface area contributed by atoms with Crippen molar-refractivity contribution in [2.75, 3.05) is 6.61 Å². The van der Waals surface area contributed by atoms with E-state index in [-0.39, 0.29) is 30.1 Å². The first-order chi connectivity index (χ1) is 12.1. The van der Waals surface area contributed by atoms with Crippen LogP contribution in [0.5, 0.6) is 5.75 Å². The van der Waals surface area contributed by atoms with Crippen LogP contribution in [-0.2, 0) is 16.1 Å². The van der Waals surface area contributed by atoms with Gasteiger partial charge in [-0.25, -0.2) is 5.48 Å². The minimum absolute atomic E-state index is 0.0535. The third kappa shape index (κ3) is 2.87. The van der Waals surface area contributed by atoms with Crippen LogP contribution in [-0.4, -0.2) is 46.8 Å². The number of amides is 2. The van der Waals surface area contributed by atoms with Gasteiger partial charge in [-0.2, -0.15) is 0 Å². The van der Waals surface area contributed by atoms with Crippen molar-refractivity contribution >= 4 is 11.8 Å². The molecule has 3 heterocycles. The topological polar surface area (TPSA) is 88.1 Å². The zero-order chi connectivity index (χ0) is 17.6. The maximum Gasteiger partial charge on any atom is 0.274 e. The molecule has 2 bridgehead atoms. The molecule has 2 N–H and O–H groups in total. The van der Waals surface area contributed by atoms with Gasteiger partial charge in [0.15, 0.2) is 0 Å². The summed E-state index contributed by atoms with van der Waals surface area (Å²) >= 11 is 0. The minimum Gasteiger partial charge on any atom is -0.491 e. The first-order valence-electron chi connectivity index (χ1n) is 8.73. The molecule has 4 atom stereocenters. The van der Waals surface area contributed by atoms with Crippen LogP contribution in [0, 0.1) is 5.92 Å². The number of carbonyl (C=O) groups excluding carboxylic acids is 2. The van der Waals surface area contributed by atoms with Crippen LogP contribution < -0.4 is 10.2 Å². The summed E-state index contributed by atoms with van der Waals surface area (Å²) in [6.07, 6.45) is 3.14. The Bertz CT molecular complexity index is 707. The number of nitrogens with zero attached hydrogens (tertiary/aromatic N) is 1. The maximum absolute atomic E-state index is 13.1. The molecule has 0 radical (unpaired) electrons. The summed E-state index contributed by atoms with van der Waals surface area (Å²) in [5, 5.41) is 8.77. The van der Waals surface area contributed by atoms with E-state index in [0.29, 0.717) is 24.5 Å². The zero-order valence-corrected chi connectivity index (χ0v) is 14.1. The number of nitrogens with one attached hydrogen (secondary N) is 1. The Hall–Kier alpha value is -2.12. The van der Waals surface area contributed by atoms with Crippen molar-refractivity contribution in [1.82, 2.24) is 10.4 Å². The lowest BCUT2D eigenvalue weighted by Gasteiger charge is -2.31. The van der Waals surface area contributed by atoms with Crippen LogP contribution in [0.4, 0.5) is 0 Å². The molecule has 0 aromatic heterocycles. The smallest absolute Gasteiger partial charge is 0.274 e. The van der Waals surface area contributed by atoms with Gasteiger partial charge in [-0.15, -0.1) is 0 Å². The number of rotatable bonds is 2. The largest absolute Gasteiger partial charge is 0.491 e. The third-order valence-corrected chi connectivity index (χ3v) is 5.49. The standard InChI is InChI=1S/C18H22N2O5/c1-10-9-24-16-6-11(17(21)19-23)2-3-12(16)8-20(10)18(22)14-7-13-4-5-15(14)25-13/h2-3,6,10,13-15,23H,4-5,7-9H2,1H3,(H,19,21)/t10-,13?,14-,15?/m0/s1. The van der Waals surface area contributed by atoms with E-state index >= 15 is 0 Å². The van der Waals surface area contributed by atoms with E-state index in [1.165, 1.54) is 0 Å². The van der Waals surface area contributed by atoms with Gasteiger partial charge in [-0.3, -0.25) is 14.8 Å². The van der Waals surface area contributed by atoms with E-state index in [0.717, 1.165) is 24.8 Å². The normalized spacial score (nSPS) is 30.4. The molecule has 0 aliphatic carbocycles. The number of hydrogen-bond donors (Lipinski definition) is 2. The second-order valence-electron chi connectivity index (χ2n) is 7.11. The first kappa shape index (κ1) is 16.4. The molecule has 2 saturated heterocycles. The van der Waals surface area contributed by atoms with Gasteiger partial charge in [0, 0.05) is 17.7 Å². The van der Waals surface area contributed by atoms with Gasteiger partial charge in [-0.05, 0) is 38.3 Å². The average molecular weight is 346 g/mol. The lowest BCUT2D eigenvalue weighted by atomic mass is 9.88. The van der Waals surface area contributed by atoms with Crippen molar-refractivity contribution in [1.29, 1.82) is 0 Å². The van der Waals surface area contributed by atoms with Crippen LogP contribution in [0.1, 0.15) is 42.1 Å². The molecule has 134 valence electrons. The summed E-state index contributed by atoms with van der Waals surface area (Å²) in [5.74, 6) is 0.0683. The molecule has 1 aromatic rings. The quantitative estimate of drug-likeness (QED) is 0.626. The van der Waals surface area contributed by atoms with Gasteiger partial charge < -0.3 is 14.4 Å². The fraction of sp³-hybridized carbons (Fsp3) is 0.556. The molecule has 0 saturated carbocycles. The molecule has 2 fully saturated rings. The van der Waals surface area contributed by atoms with E-state index < -0.39 is 5.91 Å². The maximum atomic E-state index is 13.1. The minimum atomic E-state index is -0.587. The monoisotopic (exact) mass is 346 g/mol. The molecular weight excluding hydrogens is 324 g/mol. The Morgan fingerprint density at radius 3 is 2.84 bits per heavy atom. The van der Waals surface area contributed by atoms with E-state index in [4.69, 9.17) is 14.7 Å². The Kier molecular flexibility index (Phi) is 4.13. The Morgan fingerprint density at radius 1 is 1.32 bits per heavy atom. The SMILES string of the molecule is C[C@H]1COc2cc(C(=O)NO)ccc2CN1C(=O)[C@H]1CC2CCC1O2. The number of carbonyl (C=O) groups is 2. The van der Waals surface area contributed by atoms with Crippen molar-refractivity contribution < 1.29 is 24.3 Å². The predicted molar refractivity (Wildman–Crippen MR) is 87.2 cm³/mol. The molecule has 0 spiro atoms. The summed E-state index contributed by atoms with van der Waals surface area (Å²) in [7, 11) is 0. The van der Waals surface area contributed by atoms with Gasteiger partial charge in [0.05, 0.1) is 24.2 Å². The number of hydrogen-bond acceptors (Lipinski definition) is 5. The van der Waals surface area contributed by atoms with Crippen molar-refractivity contribution in [3.63, 3.8) is 0 Å². The van der Waals surface area contributed by atoms with E-state index in [9.17, 15) is 9.59 Å². The van der Waals surface area contributed by atoms with Crippen LogP contribution in [0.2, 0.25) is 0 Å². The van der Waals surface area contributed by atoms with Crippen LogP contribution in [0.15, 0.2) is 18.2 Å². The number of fused-ring (bicyclic) bond motifs is 3. The van der Waals surface area contributed by atoms with Crippen LogP contribution in [0.3, 0.4) is 0 Å². The summed E-state index contributed by atoms with van der Waals surface area (Å²) in [4.78, 5) is 26.5. The van der Waals surface area contributed by atoms with Crippen molar-refractivity contribution in [3.8, 4) is 5.75 Å². The highest BCUT2D eigenvalue weighted by Gasteiger charge is 2.46. The second-order valence-corrected chi connectivity index (χ2v) is 7.11. The zero-order valence-electron chi connectivity index (χ0n) is 14.1. The lowest BCUT2D eigenvalue weighted by molar-refractivity contribution is -0.140. The molecule has 25 heavy (non-hydrogen) atoms. The van der Waals surface area contributed by atoms with E-state index in [1.54, 1.807) is 23.7 Å². The number of benzene rings is 1. The van der Waals surface area contributed by atoms with E-state index in [1.807, 2.05) is 11.8 Å². The van der Waals surface area contributed by atoms with Crippen LogP contribution in [0.25, 0.3) is 0 Å². The lowest BCUT2D eigenvalue weighted by Crippen LogP contribution is -2.45. The molecule has 2 amide bonds. The molecule has 2 unspecified atom stereocenters. The van der Waals surface area contributed by atoms with E-state index in [2.05, 4.69) is 0 Å². The molecule has 4 rings (SSSR count). The molecular formula is C18H22N2O5. The van der Waals surface area contributed by atoms with Gasteiger partial charge in [-0.1, -0.05) is 6.07 Å². The fourth-order valence-electron chi connectivity index (χ4n) is 4.07. The summed E-state index contributed by atoms with van der Waals surface area (Å²) in [6, 6.07) is 4.93. The van der Waals surface area contributed by atoms with Crippen LogP contribution >= 0.6 is 0 Å². The van der Waals surface area contributed by atoms with Gasteiger partial charge in [0.25, 0.3) is 5.91 Å². The van der Waals surface area contributed by atoms with Crippen molar-refractivity contribution in [2.45, 2.75) is 51.0 Å². The highest BCUT2D eigenvalue weighted by atomic mass is 16.5.